The van der Waals surface area contributed by atoms with E-state index in [9.17, 15) is 9.59 Å². The molecule has 0 aromatic carbocycles. The van der Waals surface area contributed by atoms with Crippen molar-refractivity contribution in [1.29, 1.82) is 0 Å². The van der Waals surface area contributed by atoms with Gasteiger partial charge in [-0.3, -0.25) is 9.59 Å². The van der Waals surface area contributed by atoms with E-state index in [4.69, 9.17) is 0 Å². The van der Waals surface area contributed by atoms with Crippen LogP contribution in [-0.2, 0) is 9.59 Å². The van der Waals surface area contributed by atoms with Crippen LogP contribution >= 0.6 is 0 Å². The lowest BCUT2D eigenvalue weighted by Gasteiger charge is -2.12. The molecule has 0 aliphatic heterocycles. The quantitative estimate of drug-likeness (QED) is 0.655. The second-order valence-corrected chi connectivity index (χ2v) is 4.70. The summed E-state index contributed by atoms with van der Waals surface area (Å²) in [6.07, 6.45) is 3.50. The fourth-order valence-corrected chi connectivity index (χ4v) is 2.50. The molecule has 4 nitrogen and oxygen atoms in total. The minimum Gasteiger partial charge on any atom is -0.355 e. The number of rotatable bonds is 4. The molecule has 0 aromatic rings. The van der Waals surface area contributed by atoms with E-state index >= 15 is 0 Å². The summed E-state index contributed by atoms with van der Waals surface area (Å²) >= 11 is 0. The number of nitrogens with one attached hydrogen (secondary N) is 2. The molecule has 2 aliphatic carbocycles. The monoisotopic (exact) mass is 210 g/mol. The molecular formula is C11H18N2O2. The first-order valence-corrected chi connectivity index (χ1v) is 5.69. The molecule has 2 atom stereocenters. The maximum absolute atomic E-state index is 11.6. The van der Waals surface area contributed by atoms with Crippen LogP contribution in [0, 0.1) is 17.8 Å². The van der Waals surface area contributed by atoms with Gasteiger partial charge in [0, 0.05) is 25.9 Å². The van der Waals surface area contributed by atoms with Crippen LogP contribution in [0.3, 0.4) is 0 Å². The number of hydrogen-bond acceptors (Lipinski definition) is 2. The van der Waals surface area contributed by atoms with Crippen molar-refractivity contribution in [2.24, 2.45) is 17.8 Å². The Kier molecular flexibility index (Phi) is 2.93. The largest absolute Gasteiger partial charge is 0.355 e. The van der Waals surface area contributed by atoms with Crippen molar-refractivity contribution in [1.82, 2.24) is 10.6 Å². The van der Waals surface area contributed by atoms with E-state index in [0.29, 0.717) is 13.1 Å². The standard InChI is InChI=1S/C11H18N2O2/c1-7(14)12-2-3-13-11(15)10-5-8-4-9(8)6-10/h8-10H,2-6H2,1H3,(H,12,14)(H,13,15). The molecule has 2 aliphatic rings. The van der Waals surface area contributed by atoms with Gasteiger partial charge in [-0.15, -0.1) is 0 Å². The van der Waals surface area contributed by atoms with E-state index in [1.807, 2.05) is 0 Å². The third-order valence-electron chi connectivity index (χ3n) is 3.41. The van der Waals surface area contributed by atoms with Crippen LogP contribution < -0.4 is 10.6 Å². The van der Waals surface area contributed by atoms with Crippen LogP contribution in [0.15, 0.2) is 0 Å². The van der Waals surface area contributed by atoms with Gasteiger partial charge in [-0.1, -0.05) is 0 Å². The van der Waals surface area contributed by atoms with Crippen molar-refractivity contribution in [3.8, 4) is 0 Å². The molecule has 4 heteroatoms. The van der Waals surface area contributed by atoms with Crippen molar-refractivity contribution in [2.45, 2.75) is 26.2 Å². The molecule has 0 spiro atoms. The summed E-state index contributed by atoms with van der Waals surface area (Å²) in [5.41, 5.74) is 0. The molecule has 0 bridgehead atoms. The number of hydrogen-bond donors (Lipinski definition) is 2. The molecule has 0 radical (unpaired) electrons. The summed E-state index contributed by atoms with van der Waals surface area (Å²) in [5.74, 6) is 2.05. The first-order valence-electron chi connectivity index (χ1n) is 5.69. The molecule has 2 amide bonds. The maximum atomic E-state index is 11.6. The number of carbonyl (C=O) groups excluding carboxylic acids is 2. The first kappa shape index (κ1) is 10.5. The summed E-state index contributed by atoms with van der Waals surface area (Å²) in [7, 11) is 0. The van der Waals surface area contributed by atoms with Crippen molar-refractivity contribution in [2.75, 3.05) is 13.1 Å². The second kappa shape index (κ2) is 4.21. The Morgan fingerprint density at radius 1 is 1.07 bits per heavy atom. The average molecular weight is 210 g/mol. The SMILES string of the molecule is CC(=O)NCCNC(=O)C1CC2CC2C1. The fourth-order valence-electron chi connectivity index (χ4n) is 2.50. The van der Waals surface area contributed by atoms with Crippen molar-refractivity contribution in [3.63, 3.8) is 0 Å². The fraction of sp³-hybridized carbons (Fsp3) is 0.818. The van der Waals surface area contributed by atoms with Gasteiger partial charge < -0.3 is 10.6 Å². The first-order chi connectivity index (χ1) is 7.16. The van der Waals surface area contributed by atoms with Crippen molar-refractivity contribution < 1.29 is 9.59 Å². The molecular weight excluding hydrogens is 192 g/mol. The topological polar surface area (TPSA) is 58.2 Å². The van der Waals surface area contributed by atoms with Gasteiger partial charge in [0.05, 0.1) is 0 Å². The van der Waals surface area contributed by atoms with Gasteiger partial charge in [0.25, 0.3) is 0 Å². The molecule has 15 heavy (non-hydrogen) atoms. The highest BCUT2D eigenvalue weighted by molar-refractivity contribution is 5.79. The van der Waals surface area contributed by atoms with Gasteiger partial charge in [-0.25, -0.2) is 0 Å². The zero-order chi connectivity index (χ0) is 10.8. The van der Waals surface area contributed by atoms with Gasteiger partial charge in [0.15, 0.2) is 0 Å². The van der Waals surface area contributed by atoms with E-state index in [1.165, 1.54) is 13.3 Å². The van der Waals surface area contributed by atoms with Crippen molar-refractivity contribution >= 4 is 11.8 Å². The molecule has 2 rings (SSSR count). The highest BCUT2D eigenvalue weighted by Crippen LogP contribution is 2.54. The third-order valence-corrected chi connectivity index (χ3v) is 3.41. The van der Waals surface area contributed by atoms with Gasteiger partial charge in [-0.2, -0.15) is 0 Å². The van der Waals surface area contributed by atoms with Crippen LogP contribution in [0.5, 0.6) is 0 Å². The Hall–Kier alpha value is -1.06. The maximum Gasteiger partial charge on any atom is 0.223 e. The highest BCUT2D eigenvalue weighted by atomic mass is 16.2. The van der Waals surface area contributed by atoms with E-state index in [2.05, 4.69) is 10.6 Å². The average Bonchev–Trinajstić information content (AvgIpc) is 2.80. The molecule has 0 saturated heterocycles. The highest BCUT2D eigenvalue weighted by Gasteiger charge is 2.47. The summed E-state index contributed by atoms with van der Waals surface area (Å²) in [6.45, 7) is 2.55. The third kappa shape index (κ3) is 2.70. The minimum absolute atomic E-state index is 0.0497. The Balaban J connectivity index is 1.58. The molecule has 2 saturated carbocycles. The van der Waals surface area contributed by atoms with Gasteiger partial charge in [-0.05, 0) is 31.1 Å². The van der Waals surface area contributed by atoms with Crippen molar-refractivity contribution in [3.05, 3.63) is 0 Å². The predicted molar refractivity (Wildman–Crippen MR) is 56.0 cm³/mol. The summed E-state index contributed by atoms with van der Waals surface area (Å²) < 4.78 is 0. The Bertz CT molecular complexity index is 268. The van der Waals surface area contributed by atoms with Gasteiger partial charge >= 0.3 is 0 Å². The zero-order valence-electron chi connectivity index (χ0n) is 9.08. The number of amides is 2. The molecule has 2 unspecified atom stereocenters. The second-order valence-electron chi connectivity index (χ2n) is 4.70. The minimum atomic E-state index is -0.0497. The summed E-state index contributed by atoms with van der Waals surface area (Å²) in [5, 5.41) is 5.52. The molecule has 84 valence electrons. The Morgan fingerprint density at radius 3 is 2.27 bits per heavy atom. The van der Waals surface area contributed by atoms with Gasteiger partial charge in [0.2, 0.25) is 11.8 Å². The van der Waals surface area contributed by atoms with Crippen LogP contribution in [0.4, 0.5) is 0 Å². The van der Waals surface area contributed by atoms with Crippen LogP contribution in [-0.4, -0.2) is 24.9 Å². The van der Waals surface area contributed by atoms with E-state index in [0.717, 1.165) is 24.7 Å². The molecule has 0 heterocycles. The number of fused-ring (bicyclic) bond motifs is 1. The summed E-state index contributed by atoms with van der Waals surface area (Å²) in [6, 6.07) is 0. The van der Waals surface area contributed by atoms with Crippen LogP contribution in [0.1, 0.15) is 26.2 Å². The number of carbonyl (C=O) groups is 2. The molecule has 0 aromatic heterocycles. The lowest BCUT2D eigenvalue weighted by Crippen LogP contribution is -2.36. The smallest absolute Gasteiger partial charge is 0.223 e. The normalized spacial score (nSPS) is 31.9. The molecule has 2 fully saturated rings. The van der Waals surface area contributed by atoms with Crippen LogP contribution in [0.2, 0.25) is 0 Å². The lowest BCUT2D eigenvalue weighted by molar-refractivity contribution is -0.125. The van der Waals surface area contributed by atoms with E-state index in [1.54, 1.807) is 0 Å². The van der Waals surface area contributed by atoms with Crippen LogP contribution in [0.25, 0.3) is 0 Å². The van der Waals surface area contributed by atoms with Gasteiger partial charge in [0.1, 0.15) is 0 Å². The molecule has 2 N–H and O–H groups in total. The zero-order valence-corrected chi connectivity index (χ0v) is 9.08. The van der Waals surface area contributed by atoms with E-state index < -0.39 is 0 Å². The predicted octanol–water partition coefficient (Wildman–Crippen LogP) is 0.285. The Labute approximate surface area is 89.8 Å². The Morgan fingerprint density at radius 2 is 1.67 bits per heavy atom. The summed E-state index contributed by atoms with van der Waals surface area (Å²) in [4.78, 5) is 22.2. The lowest BCUT2D eigenvalue weighted by atomic mass is 10.0. The van der Waals surface area contributed by atoms with E-state index in [-0.39, 0.29) is 17.7 Å².